The first-order valence-corrected chi connectivity index (χ1v) is 5.87. The number of aromatic nitrogens is 4. The minimum Gasteiger partial charge on any atom is -0.475 e. The van der Waals surface area contributed by atoms with Crippen molar-refractivity contribution in [3.63, 3.8) is 0 Å². The molecular formula is C12H11N5O3. The topological polar surface area (TPSA) is 106 Å². The second-order valence-electron chi connectivity index (χ2n) is 4.18. The molecule has 8 heteroatoms. The lowest BCUT2D eigenvalue weighted by molar-refractivity contribution is 0.0660. The SMILES string of the molecule is Cc1cc(NCc2ccc(C(=O)O)o2)n2ncnc2n1. The third kappa shape index (κ3) is 2.18. The monoisotopic (exact) mass is 273 g/mol. The van der Waals surface area contributed by atoms with Gasteiger partial charge in [0.25, 0.3) is 5.78 Å². The van der Waals surface area contributed by atoms with Crippen LogP contribution in [0.5, 0.6) is 0 Å². The number of hydrogen-bond acceptors (Lipinski definition) is 6. The van der Waals surface area contributed by atoms with Crippen LogP contribution in [0.25, 0.3) is 5.78 Å². The van der Waals surface area contributed by atoms with Crippen LogP contribution < -0.4 is 5.32 Å². The molecule has 20 heavy (non-hydrogen) atoms. The minimum atomic E-state index is -1.09. The Morgan fingerprint density at radius 2 is 2.35 bits per heavy atom. The summed E-state index contributed by atoms with van der Waals surface area (Å²) in [6, 6.07) is 4.86. The lowest BCUT2D eigenvalue weighted by Gasteiger charge is -2.06. The van der Waals surface area contributed by atoms with Crippen LogP contribution in [0.3, 0.4) is 0 Å². The van der Waals surface area contributed by atoms with E-state index in [0.29, 0.717) is 23.9 Å². The molecular weight excluding hydrogens is 262 g/mol. The molecule has 0 bridgehead atoms. The number of nitrogens with zero attached hydrogens (tertiary/aromatic N) is 4. The summed E-state index contributed by atoms with van der Waals surface area (Å²) in [6.07, 6.45) is 1.42. The normalized spacial score (nSPS) is 10.8. The number of carboxylic acid groups (broad SMARTS) is 1. The second kappa shape index (κ2) is 4.65. The fourth-order valence-electron chi connectivity index (χ4n) is 1.82. The third-order valence-corrected chi connectivity index (χ3v) is 2.70. The first-order chi connectivity index (χ1) is 9.63. The molecule has 0 atom stereocenters. The van der Waals surface area contributed by atoms with Crippen molar-refractivity contribution in [2.75, 3.05) is 5.32 Å². The molecule has 0 aliphatic rings. The van der Waals surface area contributed by atoms with E-state index in [4.69, 9.17) is 9.52 Å². The molecule has 0 spiro atoms. The molecule has 3 rings (SSSR count). The number of nitrogens with one attached hydrogen (secondary N) is 1. The van der Waals surface area contributed by atoms with E-state index in [2.05, 4.69) is 20.4 Å². The highest BCUT2D eigenvalue weighted by molar-refractivity contribution is 5.84. The lowest BCUT2D eigenvalue weighted by atomic mass is 10.4. The maximum absolute atomic E-state index is 10.7. The molecule has 0 aliphatic carbocycles. The van der Waals surface area contributed by atoms with Crippen molar-refractivity contribution in [3.05, 3.63) is 41.7 Å². The van der Waals surface area contributed by atoms with E-state index in [-0.39, 0.29) is 5.76 Å². The number of carbonyl (C=O) groups is 1. The minimum absolute atomic E-state index is 0.0846. The Morgan fingerprint density at radius 1 is 1.50 bits per heavy atom. The number of anilines is 1. The van der Waals surface area contributed by atoms with Crippen molar-refractivity contribution in [1.29, 1.82) is 0 Å². The van der Waals surface area contributed by atoms with Crippen LogP contribution in [0.1, 0.15) is 22.0 Å². The number of aromatic carboxylic acids is 1. The quantitative estimate of drug-likeness (QED) is 0.738. The van der Waals surface area contributed by atoms with E-state index in [1.54, 1.807) is 10.6 Å². The van der Waals surface area contributed by atoms with Crippen LogP contribution >= 0.6 is 0 Å². The Bertz CT molecular complexity index is 776. The van der Waals surface area contributed by atoms with Gasteiger partial charge in [-0.05, 0) is 19.1 Å². The maximum atomic E-state index is 10.7. The van der Waals surface area contributed by atoms with Gasteiger partial charge < -0.3 is 14.8 Å². The zero-order valence-corrected chi connectivity index (χ0v) is 10.6. The van der Waals surface area contributed by atoms with Crippen molar-refractivity contribution >= 4 is 17.6 Å². The van der Waals surface area contributed by atoms with Crippen LogP contribution in [0.4, 0.5) is 5.82 Å². The van der Waals surface area contributed by atoms with Gasteiger partial charge in [0, 0.05) is 11.8 Å². The van der Waals surface area contributed by atoms with E-state index in [1.807, 2.05) is 13.0 Å². The van der Waals surface area contributed by atoms with Crippen molar-refractivity contribution < 1.29 is 14.3 Å². The van der Waals surface area contributed by atoms with Gasteiger partial charge in [0.05, 0.1) is 6.54 Å². The standard InChI is InChI=1S/C12H11N5O3/c1-7-4-10(17-12(16-7)14-6-15-17)13-5-8-2-3-9(20-8)11(18)19/h2-4,6,13H,5H2,1H3,(H,18,19). The van der Waals surface area contributed by atoms with E-state index < -0.39 is 5.97 Å². The van der Waals surface area contributed by atoms with Gasteiger partial charge in [0.15, 0.2) is 0 Å². The zero-order chi connectivity index (χ0) is 14.1. The predicted molar refractivity (Wildman–Crippen MR) is 68.5 cm³/mol. The van der Waals surface area contributed by atoms with Gasteiger partial charge >= 0.3 is 5.97 Å². The van der Waals surface area contributed by atoms with Gasteiger partial charge in [0.1, 0.15) is 17.9 Å². The summed E-state index contributed by atoms with van der Waals surface area (Å²) in [6.45, 7) is 2.20. The molecule has 3 aromatic rings. The molecule has 0 unspecified atom stereocenters. The third-order valence-electron chi connectivity index (χ3n) is 2.70. The molecule has 0 aliphatic heterocycles. The molecule has 0 saturated carbocycles. The number of hydrogen-bond donors (Lipinski definition) is 2. The number of carboxylic acids is 1. The fourth-order valence-corrected chi connectivity index (χ4v) is 1.82. The Morgan fingerprint density at radius 3 is 3.10 bits per heavy atom. The summed E-state index contributed by atoms with van der Waals surface area (Å²) in [4.78, 5) is 19.0. The largest absolute Gasteiger partial charge is 0.475 e. The molecule has 0 aromatic carbocycles. The molecule has 3 heterocycles. The Labute approximate surface area is 113 Å². The van der Waals surface area contributed by atoms with Crippen LogP contribution in [0.2, 0.25) is 0 Å². The Balaban J connectivity index is 1.82. The average molecular weight is 273 g/mol. The molecule has 3 aromatic heterocycles. The predicted octanol–water partition coefficient (Wildman–Crippen LogP) is 1.34. The number of fused-ring (bicyclic) bond motifs is 1. The molecule has 0 fully saturated rings. The molecule has 0 amide bonds. The summed E-state index contributed by atoms with van der Waals surface area (Å²) in [5, 5.41) is 16.0. The van der Waals surface area contributed by atoms with Crippen molar-refractivity contribution in [3.8, 4) is 0 Å². The lowest BCUT2D eigenvalue weighted by Crippen LogP contribution is -2.06. The van der Waals surface area contributed by atoms with Crippen molar-refractivity contribution in [2.45, 2.75) is 13.5 Å². The van der Waals surface area contributed by atoms with Crippen LogP contribution in [0, 0.1) is 6.92 Å². The zero-order valence-electron chi connectivity index (χ0n) is 10.6. The maximum Gasteiger partial charge on any atom is 0.371 e. The Kier molecular flexibility index (Phi) is 2.82. The van der Waals surface area contributed by atoms with Gasteiger partial charge in [0.2, 0.25) is 5.76 Å². The summed E-state index contributed by atoms with van der Waals surface area (Å²) in [5.41, 5.74) is 0.804. The van der Waals surface area contributed by atoms with Gasteiger partial charge in [-0.15, -0.1) is 0 Å². The molecule has 0 radical (unpaired) electrons. The summed E-state index contributed by atoms with van der Waals surface area (Å²) in [5.74, 6) is 0.551. The van der Waals surface area contributed by atoms with Crippen molar-refractivity contribution in [2.24, 2.45) is 0 Å². The van der Waals surface area contributed by atoms with Crippen LogP contribution in [-0.2, 0) is 6.54 Å². The molecule has 8 nitrogen and oxygen atoms in total. The number of rotatable bonds is 4. The van der Waals surface area contributed by atoms with Gasteiger partial charge in [-0.25, -0.2) is 9.78 Å². The van der Waals surface area contributed by atoms with E-state index in [9.17, 15) is 4.79 Å². The highest BCUT2D eigenvalue weighted by Gasteiger charge is 2.10. The molecule has 2 N–H and O–H groups in total. The number of furan rings is 1. The van der Waals surface area contributed by atoms with E-state index in [0.717, 1.165) is 5.69 Å². The van der Waals surface area contributed by atoms with E-state index in [1.165, 1.54) is 12.4 Å². The highest BCUT2D eigenvalue weighted by Crippen LogP contribution is 2.13. The van der Waals surface area contributed by atoms with E-state index >= 15 is 0 Å². The fraction of sp³-hybridized carbons (Fsp3) is 0.167. The van der Waals surface area contributed by atoms with Gasteiger partial charge in [-0.1, -0.05) is 0 Å². The summed E-state index contributed by atoms with van der Waals surface area (Å²) >= 11 is 0. The Hall–Kier alpha value is -2.90. The smallest absolute Gasteiger partial charge is 0.371 e. The first kappa shape index (κ1) is 12.2. The number of aryl methyl sites for hydroxylation is 1. The molecule has 102 valence electrons. The van der Waals surface area contributed by atoms with Gasteiger partial charge in [-0.3, -0.25) is 0 Å². The first-order valence-electron chi connectivity index (χ1n) is 5.87. The summed E-state index contributed by atoms with van der Waals surface area (Å²) in [7, 11) is 0. The second-order valence-corrected chi connectivity index (χ2v) is 4.18. The van der Waals surface area contributed by atoms with Gasteiger partial charge in [-0.2, -0.15) is 14.6 Å². The summed E-state index contributed by atoms with van der Waals surface area (Å²) < 4.78 is 6.73. The van der Waals surface area contributed by atoms with Crippen LogP contribution in [0.15, 0.2) is 28.9 Å². The molecule has 0 saturated heterocycles. The average Bonchev–Trinajstić information content (AvgIpc) is 3.04. The highest BCUT2D eigenvalue weighted by atomic mass is 16.4. The van der Waals surface area contributed by atoms with Crippen LogP contribution in [-0.4, -0.2) is 30.7 Å². The van der Waals surface area contributed by atoms with Crippen molar-refractivity contribution in [1.82, 2.24) is 19.6 Å².